The Kier molecular flexibility index (Phi) is 4.31. The Morgan fingerprint density at radius 3 is 2.74 bits per heavy atom. The second kappa shape index (κ2) is 5.63. The third-order valence-electron chi connectivity index (χ3n) is 3.29. The summed E-state index contributed by atoms with van der Waals surface area (Å²) in [7, 11) is 0. The molecule has 0 aliphatic carbocycles. The van der Waals surface area contributed by atoms with E-state index >= 15 is 0 Å². The highest BCUT2D eigenvalue weighted by molar-refractivity contribution is 7.18. The summed E-state index contributed by atoms with van der Waals surface area (Å²) in [4.78, 5) is 8.75. The lowest BCUT2D eigenvalue weighted by Crippen LogP contribution is -2.34. The molecule has 19 heavy (non-hydrogen) atoms. The van der Waals surface area contributed by atoms with Gasteiger partial charge in [0.25, 0.3) is 0 Å². The molecular formula is C14H20ClN3S. The number of fused-ring (bicyclic) bond motifs is 1. The van der Waals surface area contributed by atoms with E-state index in [-0.39, 0.29) is 5.41 Å². The molecule has 0 bridgehead atoms. The van der Waals surface area contributed by atoms with Crippen molar-refractivity contribution < 1.29 is 0 Å². The molecule has 2 aromatic rings. The number of nitrogens with one attached hydrogen (secondary N) is 1. The molecule has 0 aliphatic heterocycles. The van der Waals surface area contributed by atoms with Gasteiger partial charge in [0.1, 0.15) is 12.1 Å². The minimum atomic E-state index is 0.137. The van der Waals surface area contributed by atoms with Gasteiger partial charge in [0.2, 0.25) is 0 Å². The van der Waals surface area contributed by atoms with E-state index in [1.807, 2.05) is 0 Å². The molecule has 104 valence electrons. The molecule has 5 heteroatoms. The van der Waals surface area contributed by atoms with E-state index in [0.29, 0.717) is 11.9 Å². The Labute approximate surface area is 123 Å². The van der Waals surface area contributed by atoms with Crippen LogP contribution in [-0.2, 0) is 0 Å². The standard InChI is InChI=1S/C14H20ClN3S/c1-9-7-19-12-11(9)16-8-17-13(12)18-10(5-6-15)14(2,3)4/h7-8,10H,5-6H2,1-4H3,(H,16,17,18). The molecule has 0 amide bonds. The van der Waals surface area contributed by atoms with Crippen molar-refractivity contribution in [3.05, 3.63) is 17.3 Å². The summed E-state index contributed by atoms with van der Waals surface area (Å²) >= 11 is 7.61. The maximum absolute atomic E-state index is 5.92. The maximum atomic E-state index is 5.92. The van der Waals surface area contributed by atoms with E-state index < -0.39 is 0 Å². The van der Waals surface area contributed by atoms with Gasteiger partial charge in [-0.05, 0) is 29.7 Å². The van der Waals surface area contributed by atoms with Crippen LogP contribution in [0.15, 0.2) is 11.7 Å². The Bertz CT molecular complexity index is 559. The van der Waals surface area contributed by atoms with Gasteiger partial charge in [-0.3, -0.25) is 0 Å². The molecule has 2 aromatic heterocycles. The molecule has 0 aromatic carbocycles. The van der Waals surface area contributed by atoms with Gasteiger partial charge in [-0.15, -0.1) is 22.9 Å². The fraction of sp³-hybridized carbons (Fsp3) is 0.571. The van der Waals surface area contributed by atoms with Gasteiger partial charge in [-0.2, -0.15) is 0 Å². The summed E-state index contributed by atoms with van der Waals surface area (Å²) in [6.07, 6.45) is 2.55. The van der Waals surface area contributed by atoms with Crippen LogP contribution in [0.25, 0.3) is 10.2 Å². The second-order valence-corrected chi connectivity index (χ2v) is 7.12. The van der Waals surface area contributed by atoms with E-state index in [1.165, 1.54) is 5.56 Å². The van der Waals surface area contributed by atoms with Gasteiger partial charge in [-0.1, -0.05) is 20.8 Å². The molecule has 3 nitrogen and oxygen atoms in total. The molecule has 0 aliphatic rings. The zero-order chi connectivity index (χ0) is 14.0. The molecule has 2 rings (SSSR count). The zero-order valence-electron chi connectivity index (χ0n) is 11.8. The number of halogens is 1. The van der Waals surface area contributed by atoms with E-state index in [1.54, 1.807) is 17.7 Å². The first-order chi connectivity index (χ1) is 8.93. The van der Waals surface area contributed by atoms with Gasteiger partial charge in [0.05, 0.1) is 10.2 Å². The highest BCUT2D eigenvalue weighted by Crippen LogP contribution is 2.32. The summed E-state index contributed by atoms with van der Waals surface area (Å²) in [5, 5.41) is 5.67. The van der Waals surface area contributed by atoms with E-state index in [0.717, 1.165) is 22.5 Å². The molecule has 2 heterocycles. The lowest BCUT2D eigenvalue weighted by molar-refractivity contribution is 0.334. The van der Waals surface area contributed by atoms with E-state index in [9.17, 15) is 0 Å². The van der Waals surface area contributed by atoms with Crippen LogP contribution >= 0.6 is 22.9 Å². The quantitative estimate of drug-likeness (QED) is 0.847. The molecule has 1 atom stereocenters. The minimum Gasteiger partial charge on any atom is -0.365 e. The van der Waals surface area contributed by atoms with E-state index in [4.69, 9.17) is 11.6 Å². The number of nitrogens with zero attached hydrogens (tertiary/aromatic N) is 2. The van der Waals surface area contributed by atoms with Crippen molar-refractivity contribution >= 4 is 39.0 Å². The van der Waals surface area contributed by atoms with Crippen molar-refractivity contribution in [2.24, 2.45) is 5.41 Å². The largest absolute Gasteiger partial charge is 0.365 e. The van der Waals surface area contributed by atoms with Crippen molar-refractivity contribution in [3.63, 3.8) is 0 Å². The first kappa shape index (κ1) is 14.5. The van der Waals surface area contributed by atoms with Crippen LogP contribution in [0.2, 0.25) is 0 Å². The van der Waals surface area contributed by atoms with Crippen LogP contribution in [-0.4, -0.2) is 21.9 Å². The molecule has 0 saturated heterocycles. The molecule has 0 spiro atoms. The molecule has 1 unspecified atom stereocenters. The van der Waals surface area contributed by atoms with Crippen LogP contribution in [0, 0.1) is 12.3 Å². The predicted molar refractivity (Wildman–Crippen MR) is 84.4 cm³/mol. The predicted octanol–water partition coefficient (Wildman–Crippen LogP) is 4.46. The van der Waals surface area contributed by atoms with E-state index in [2.05, 4.69) is 48.4 Å². The topological polar surface area (TPSA) is 37.8 Å². The van der Waals surface area contributed by atoms with Gasteiger partial charge in [-0.25, -0.2) is 9.97 Å². The van der Waals surface area contributed by atoms with Gasteiger partial charge < -0.3 is 5.32 Å². The fourth-order valence-corrected chi connectivity index (χ4v) is 3.24. The summed E-state index contributed by atoms with van der Waals surface area (Å²) in [6.45, 7) is 8.73. The molecule has 0 fully saturated rings. The molecular weight excluding hydrogens is 278 g/mol. The number of aromatic nitrogens is 2. The summed E-state index contributed by atoms with van der Waals surface area (Å²) in [5.74, 6) is 1.57. The van der Waals surface area contributed by atoms with Crippen molar-refractivity contribution in [3.8, 4) is 0 Å². The Hall–Kier alpha value is -0.870. The van der Waals surface area contributed by atoms with Gasteiger partial charge >= 0.3 is 0 Å². The Morgan fingerprint density at radius 2 is 2.11 bits per heavy atom. The lowest BCUT2D eigenvalue weighted by Gasteiger charge is -2.31. The maximum Gasteiger partial charge on any atom is 0.147 e. The number of hydrogen-bond donors (Lipinski definition) is 1. The van der Waals surface area contributed by atoms with Gasteiger partial charge in [0, 0.05) is 11.9 Å². The average molecular weight is 298 g/mol. The molecule has 0 saturated carbocycles. The lowest BCUT2D eigenvalue weighted by atomic mass is 9.85. The second-order valence-electron chi connectivity index (χ2n) is 5.86. The average Bonchev–Trinajstić information content (AvgIpc) is 2.71. The first-order valence-electron chi connectivity index (χ1n) is 6.44. The number of alkyl halides is 1. The number of hydrogen-bond acceptors (Lipinski definition) is 4. The monoisotopic (exact) mass is 297 g/mol. The normalized spacial score (nSPS) is 13.7. The smallest absolute Gasteiger partial charge is 0.147 e. The van der Waals surface area contributed by atoms with Gasteiger partial charge in [0.15, 0.2) is 0 Å². The highest BCUT2D eigenvalue weighted by Gasteiger charge is 2.25. The fourth-order valence-electron chi connectivity index (χ4n) is 2.07. The zero-order valence-corrected chi connectivity index (χ0v) is 13.4. The third kappa shape index (κ3) is 3.18. The Balaban J connectivity index is 2.34. The number of anilines is 1. The van der Waals surface area contributed by atoms with Crippen LogP contribution < -0.4 is 5.32 Å². The van der Waals surface area contributed by atoms with Crippen molar-refractivity contribution in [1.82, 2.24) is 9.97 Å². The van der Waals surface area contributed by atoms with Crippen LogP contribution in [0.1, 0.15) is 32.8 Å². The minimum absolute atomic E-state index is 0.137. The first-order valence-corrected chi connectivity index (χ1v) is 7.86. The summed E-state index contributed by atoms with van der Waals surface area (Å²) in [6, 6.07) is 0.297. The number of rotatable bonds is 4. The van der Waals surface area contributed by atoms with Crippen molar-refractivity contribution in [2.75, 3.05) is 11.2 Å². The van der Waals surface area contributed by atoms with Crippen molar-refractivity contribution in [1.29, 1.82) is 0 Å². The highest BCUT2D eigenvalue weighted by atomic mass is 35.5. The molecule has 0 radical (unpaired) electrons. The SMILES string of the molecule is Cc1csc2c(NC(CCCl)C(C)(C)C)ncnc12. The third-order valence-corrected chi connectivity index (χ3v) is 4.60. The Morgan fingerprint density at radius 1 is 1.37 bits per heavy atom. The number of thiophene rings is 1. The van der Waals surface area contributed by atoms with Crippen LogP contribution in [0.4, 0.5) is 5.82 Å². The van der Waals surface area contributed by atoms with Crippen molar-refractivity contribution in [2.45, 2.75) is 40.2 Å². The van der Waals surface area contributed by atoms with Crippen LogP contribution in [0.5, 0.6) is 0 Å². The molecule has 1 N–H and O–H groups in total. The summed E-state index contributed by atoms with van der Waals surface area (Å²) < 4.78 is 1.13. The number of aryl methyl sites for hydroxylation is 1. The summed E-state index contributed by atoms with van der Waals surface area (Å²) in [5.41, 5.74) is 2.38. The van der Waals surface area contributed by atoms with Crippen LogP contribution in [0.3, 0.4) is 0 Å².